The van der Waals surface area contributed by atoms with E-state index in [1.165, 1.54) is 25.7 Å². The summed E-state index contributed by atoms with van der Waals surface area (Å²) in [5.74, 6) is 2.52. The number of allylic oxidation sites excluding steroid dienone is 1. The number of anilines is 2. The van der Waals surface area contributed by atoms with Gasteiger partial charge in [-0.1, -0.05) is 73.0 Å². The minimum absolute atomic E-state index is 0. The average Bonchev–Trinajstić information content (AvgIpc) is 3.67. The third-order valence-corrected chi connectivity index (χ3v) is 8.82. The number of nitrogens with two attached hydrogens (primary N) is 2. The Hall–Kier alpha value is -6.23. The lowest BCUT2D eigenvalue weighted by Crippen LogP contribution is -2.19. The van der Waals surface area contributed by atoms with E-state index in [0.29, 0.717) is 67.1 Å². The number of hydrogen-bond donors (Lipinski definition) is 4. The molecule has 286 valence electrons. The van der Waals surface area contributed by atoms with Crippen molar-refractivity contribution in [2.45, 2.75) is 54.1 Å². The van der Waals surface area contributed by atoms with Gasteiger partial charge in [-0.15, -0.1) is 6.42 Å². The Kier molecular flexibility index (Phi) is 14.5. The van der Waals surface area contributed by atoms with Crippen LogP contribution in [-0.4, -0.2) is 72.1 Å². The summed E-state index contributed by atoms with van der Waals surface area (Å²) < 4.78 is 17.2. The van der Waals surface area contributed by atoms with Gasteiger partial charge in [0.05, 0.1) is 28.7 Å². The highest BCUT2D eigenvalue weighted by molar-refractivity contribution is 6.13. The molecule has 0 aliphatic rings. The van der Waals surface area contributed by atoms with Gasteiger partial charge in [0.1, 0.15) is 35.6 Å². The molecule has 6 N–H and O–H groups in total. The van der Waals surface area contributed by atoms with Crippen LogP contribution in [-0.2, 0) is 17.9 Å². The topological polar surface area (TPSA) is 180 Å². The highest BCUT2D eigenvalue weighted by Crippen LogP contribution is 2.39. The fourth-order valence-electron chi connectivity index (χ4n) is 6.34. The summed E-state index contributed by atoms with van der Waals surface area (Å²) in [7, 11) is 0. The molecule has 0 saturated carbocycles. The van der Waals surface area contributed by atoms with E-state index >= 15 is 0 Å². The molecule has 12 nitrogen and oxygen atoms in total. The lowest BCUT2D eigenvalue weighted by molar-refractivity contribution is -0.112. The summed E-state index contributed by atoms with van der Waals surface area (Å²) in [6, 6.07) is 15.8. The van der Waals surface area contributed by atoms with Crippen LogP contribution in [0, 0.1) is 26.2 Å². The second-order valence-corrected chi connectivity index (χ2v) is 12.7. The van der Waals surface area contributed by atoms with Crippen molar-refractivity contribution in [2.24, 2.45) is 0 Å². The lowest BCUT2D eigenvalue weighted by Gasteiger charge is -2.10. The smallest absolute Gasteiger partial charge is 0.210 e. The maximum Gasteiger partial charge on any atom is 0.210 e. The normalized spacial score (nSPS) is 11.0. The predicted octanol–water partition coefficient (Wildman–Crippen LogP) is 6.36. The molecule has 0 radical (unpaired) electrons. The van der Waals surface area contributed by atoms with Gasteiger partial charge in [-0.05, 0) is 63.4 Å². The third kappa shape index (κ3) is 9.29. The molecule has 0 bridgehead atoms. The number of alkyl halides is 1. The molecule has 0 unspecified atom stereocenters. The molecule has 0 saturated heterocycles. The fourth-order valence-corrected chi connectivity index (χ4v) is 6.34. The van der Waals surface area contributed by atoms with Crippen molar-refractivity contribution in [2.75, 3.05) is 37.8 Å². The monoisotopic (exact) mass is 745 g/mol. The fraction of sp³-hybridized carbons (Fsp3) is 0.286. The number of Topliss-reactive ketones (excluding diaryl/α,β-unsaturated/α-hetero) is 1. The molecule has 4 heterocycles. The molecule has 0 aliphatic carbocycles. The summed E-state index contributed by atoms with van der Waals surface area (Å²) in [5, 5.41) is 13.7. The molecular weight excluding hydrogens is 698 g/mol. The number of terminal acetylenes is 1. The van der Waals surface area contributed by atoms with Crippen molar-refractivity contribution in [3.8, 4) is 34.6 Å². The van der Waals surface area contributed by atoms with Gasteiger partial charge >= 0.3 is 0 Å². The largest absolute Gasteiger partial charge is 0.396 e. The van der Waals surface area contributed by atoms with Crippen molar-refractivity contribution >= 4 is 51.3 Å². The minimum Gasteiger partial charge on any atom is -0.396 e. The van der Waals surface area contributed by atoms with Crippen LogP contribution >= 0.6 is 0 Å². The number of carbonyl (C=O) groups is 2. The number of aryl methyl sites for hydroxylation is 4. The van der Waals surface area contributed by atoms with Gasteiger partial charge in [-0.25, -0.2) is 24.3 Å². The summed E-state index contributed by atoms with van der Waals surface area (Å²) in [4.78, 5) is 41.1. The van der Waals surface area contributed by atoms with Gasteiger partial charge in [0.2, 0.25) is 5.78 Å². The molecule has 0 amide bonds. The van der Waals surface area contributed by atoms with Gasteiger partial charge in [-0.2, -0.15) is 0 Å². The number of nitrogens with zero attached hydrogens (tertiary/aromatic N) is 6. The quantitative estimate of drug-likeness (QED) is 0.0424. The maximum absolute atomic E-state index is 13.5. The Bertz CT molecular complexity index is 2340. The number of carbonyl (C=O) groups excluding carboxylic acids is 2. The van der Waals surface area contributed by atoms with E-state index in [2.05, 4.69) is 31.2 Å². The van der Waals surface area contributed by atoms with Crippen molar-refractivity contribution < 1.29 is 19.1 Å². The first-order chi connectivity index (χ1) is 26.1. The molecule has 0 atom stereocenters. The molecule has 6 rings (SSSR count). The number of nitrogens with one attached hydrogen (secondary N) is 1. The molecule has 0 fully saturated rings. The van der Waals surface area contributed by atoms with Crippen molar-refractivity contribution in [3.63, 3.8) is 0 Å². The second kappa shape index (κ2) is 19.2. The van der Waals surface area contributed by atoms with Crippen molar-refractivity contribution in [1.82, 2.24) is 34.4 Å². The molecule has 0 aliphatic heterocycles. The van der Waals surface area contributed by atoms with Crippen molar-refractivity contribution in [1.29, 1.82) is 0 Å². The lowest BCUT2D eigenvalue weighted by atomic mass is 10.00. The number of aromatic nitrogens is 6. The average molecular weight is 746 g/mol. The van der Waals surface area contributed by atoms with E-state index in [1.54, 1.807) is 10.6 Å². The Labute approximate surface area is 320 Å². The Morgan fingerprint density at radius 1 is 0.855 bits per heavy atom. The summed E-state index contributed by atoms with van der Waals surface area (Å²) in [6.07, 6.45) is 12.6. The molecular formula is C42H48FN9O3. The number of aliphatic hydroxyl groups is 1. The third-order valence-electron chi connectivity index (χ3n) is 8.82. The van der Waals surface area contributed by atoms with E-state index < -0.39 is 12.5 Å². The molecule has 6 aromatic rings. The van der Waals surface area contributed by atoms with Crippen molar-refractivity contribution in [3.05, 3.63) is 89.8 Å². The van der Waals surface area contributed by atoms with Crippen LogP contribution in [0.3, 0.4) is 0 Å². The van der Waals surface area contributed by atoms with Crippen LogP contribution < -0.4 is 16.8 Å². The van der Waals surface area contributed by atoms with E-state index in [4.69, 9.17) is 17.9 Å². The number of rotatable bonds is 14. The molecule has 4 aromatic heterocycles. The number of aliphatic hydroxyl groups excluding tert-OH is 1. The summed E-state index contributed by atoms with van der Waals surface area (Å²) >= 11 is 0. The summed E-state index contributed by atoms with van der Waals surface area (Å²) in [6.45, 7) is 6.64. The number of hydrogen-bond acceptors (Lipinski definition) is 10. The van der Waals surface area contributed by atoms with Crippen LogP contribution in [0.1, 0.15) is 54.5 Å². The minimum atomic E-state index is -1.10. The number of fused-ring (bicyclic) bond motifs is 2. The Morgan fingerprint density at radius 3 is 1.91 bits per heavy atom. The first kappa shape index (κ1) is 41.5. The van der Waals surface area contributed by atoms with Gasteiger partial charge in [-0.3, -0.25) is 9.59 Å². The van der Waals surface area contributed by atoms with Crippen LogP contribution in [0.25, 0.3) is 50.4 Å². The van der Waals surface area contributed by atoms with Gasteiger partial charge in [0.15, 0.2) is 12.5 Å². The zero-order valence-electron chi connectivity index (χ0n) is 30.6. The standard InChI is InChI=1S/C21H22FN5O.C20H22N4O2.CH4/c1-3-9-24-10-4-11-27-19(16(28)12-22)17(15-7-5-14(2)6-8-15)18-20(23)25-13-26-21(18)27;1-13-4-7-15(8-5-13)17-16(9-6-14(2)26)24(10-3-11-25)20-18(17)19(21)22-12-23-20;/h1,5-8,13,24H,4,9-12H2,2H3,(H2,23,25,26);4-9,12,25H,3,10-11H2,1-2H3,(H2,21,22,23);1H4/b;9-6+;. The van der Waals surface area contributed by atoms with E-state index in [1.807, 2.05) is 66.9 Å². The van der Waals surface area contributed by atoms with Crippen LogP contribution in [0.4, 0.5) is 16.0 Å². The maximum atomic E-state index is 13.5. The van der Waals surface area contributed by atoms with E-state index in [9.17, 15) is 19.1 Å². The summed E-state index contributed by atoms with van der Waals surface area (Å²) in [5.41, 5.74) is 20.1. The number of benzene rings is 2. The molecule has 0 spiro atoms. The van der Waals surface area contributed by atoms with E-state index in [0.717, 1.165) is 38.9 Å². The highest BCUT2D eigenvalue weighted by atomic mass is 19.1. The zero-order chi connectivity index (χ0) is 38.8. The second-order valence-electron chi connectivity index (χ2n) is 12.7. The molecule has 55 heavy (non-hydrogen) atoms. The first-order valence-corrected chi connectivity index (χ1v) is 17.5. The van der Waals surface area contributed by atoms with Crippen LogP contribution in [0.5, 0.6) is 0 Å². The Balaban J connectivity index is 0.000000241. The van der Waals surface area contributed by atoms with Gasteiger partial charge in [0, 0.05) is 30.8 Å². The van der Waals surface area contributed by atoms with Crippen LogP contribution in [0.2, 0.25) is 0 Å². The SMILES string of the molecule is C.C#CCNCCCn1c(C(=O)CF)c(-c2ccc(C)cc2)c2c(N)ncnc21.CC(=O)/C=C/c1c(-c2ccc(C)cc2)c2c(N)ncnc2n1CCCO. The Morgan fingerprint density at radius 2 is 1.38 bits per heavy atom. The number of halogens is 1. The number of ketones is 2. The molecule has 13 heteroatoms. The van der Waals surface area contributed by atoms with Crippen LogP contribution in [0.15, 0.2) is 67.3 Å². The van der Waals surface area contributed by atoms with E-state index in [-0.39, 0.29) is 31.3 Å². The first-order valence-electron chi connectivity index (χ1n) is 17.5. The number of nitrogen functional groups attached to an aromatic ring is 2. The predicted molar refractivity (Wildman–Crippen MR) is 219 cm³/mol. The highest BCUT2D eigenvalue weighted by Gasteiger charge is 2.26. The zero-order valence-corrected chi connectivity index (χ0v) is 30.6. The van der Waals surface area contributed by atoms with Gasteiger partial charge < -0.3 is 31.0 Å². The van der Waals surface area contributed by atoms with Gasteiger partial charge in [0.25, 0.3) is 0 Å². The molecule has 2 aromatic carbocycles.